The number of amides is 2. The molecular weight excluding hydrogens is 422 g/mol. The van der Waals surface area contributed by atoms with Gasteiger partial charge in [0.25, 0.3) is 0 Å². The van der Waals surface area contributed by atoms with Crippen LogP contribution in [0.2, 0.25) is 0 Å². The molecule has 3 fully saturated rings. The van der Waals surface area contributed by atoms with Crippen molar-refractivity contribution in [3.63, 3.8) is 0 Å². The molecule has 1 aromatic rings. The van der Waals surface area contributed by atoms with E-state index in [0.29, 0.717) is 25.9 Å². The SMILES string of the molecule is C[C@H]1CN(C(=O)CCC2(C3CC3)NC(=O)CC2=O)CCN1c1cccc(Br)c1. The first kappa shape index (κ1) is 19.4. The number of halogens is 1. The average Bonchev–Trinajstić information content (AvgIpc) is 3.46. The lowest BCUT2D eigenvalue weighted by molar-refractivity contribution is -0.133. The fourth-order valence-corrected chi connectivity index (χ4v) is 5.05. The summed E-state index contributed by atoms with van der Waals surface area (Å²) in [6.07, 6.45) is 2.63. The van der Waals surface area contributed by atoms with Crippen LogP contribution < -0.4 is 10.2 Å². The minimum Gasteiger partial charge on any atom is -0.365 e. The van der Waals surface area contributed by atoms with Crippen molar-refractivity contribution in [3.05, 3.63) is 28.7 Å². The van der Waals surface area contributed by atoms with Gasteiger partial charge in [-0.2, -0.15) is 0 Å². The molecule has 1 N–H and O–H groups in total. The van der Waals surface area contributed by atoms with Crippen LogP contribution in [0.5, 0.6) is 0 Å². The summed E-state index contributed by atoms with van der Waals surface area (Å²) in [5.74, 6) is 0.0718. The predicted molar refractivity (Wildman–Crippen MR) is 110 cm³/mol. The van der Waals surface area contributed by atoms with Crippen LogP contribution >= 0.6 is 15.9 Å². The first-order chi connectivity index (χ1) is 13.4. The number of benzene rings is 1. The highest BCUT2D eigenvalue weighted by molar-refractivity contribution is 9.10. The van der Waals surface area contributed by atoms with Crippen LogP contribution in [-0.2, 0) is 14.4 Å². The van der Waals surface area contributed by atoms with Gasteiger partial charge in [-0.15, -0.1) is 0 Å². The molecule has 0 bridgehead atoms. The normalized spacial score (nSPS) is 27.9. The number of nitrogens with one attached hydrogen (secondary N) is 1. The van der Waals surface area contributed by atoms with Gasteiger partial charge in [0.2, 0.25) is 11.8 Å². The fourth-order valence-electron chi connectivity index (χ4n) is 4.66. The molecule has 2 heterocycles. The maximum absolute atomic E-state index is 12.8. The number of Topliss-reactive ketones (excluding diaryl/α,β-unsaturated/α-hetero) is 1. The number of nitrogens with zero attached hydrogens (tertiary/aromatic N) is 2. The lowest BCUT2D eigenvalue weighted by Crippen LogP contribution is -2.54. The second-order valence-electron chi connectivity index (χ2n) is 8.26. The average molecular weight is 448 g/mol. The molecule has 0 radical (unpaired) electrons. The van der Waals surface area contributed by atoms with E-state index in [1.165, 1.54) is 0 Å². The Morgan fingerprint density at radius 2 is 2.07 bits per heavy atom. The van der Waals surface area contributed by atoms with Gasteiger partial charge in [0.05, 0.1) is 6.42 Å². The van der Waals surface area contributed by atoms with Crippen LogP contribution in [0.3, 0.4) is 0 Å². The zero-order chi connectivity index (χ0) is 19.9. The Morgan fingerprint density at radius 1 is 1.29 bits per heavy atom. The Balaban J connectivity index is 1.36. The number of carbonyl (C=O) groups excluding carboxylic acids is 3. The summed E-state index contributed by atoms with van der Waals surface area (Å²) in [5, 5.41) is 2.91. The van der Waals surface area contributed by atoms with Crippen LogP contribution in [0.1, 0.15) is 39.0 Å². The lowest BCUT2D eigenvalue weighted by atomic mass is 9.85. The quantitative estimate of drug-likeness (QED) is 0.703. The zero-order valence-corrected chi connectivity index (χ0v) is 17.7. The molecule has 1 aromatic carbocycles. The van der Waals surface area contributed by atoms with Crippen molar-refractivity contribution in [3.8, 4) is 0 Å². The Labute approximate surface area is 173 Å². The third-order valence-electron chi connectivity index (χ3n) is 6.31. The highest BCUT2D eigenvalue weighted by Crippen LogP contribution is 2.45. The van der Waals surface area contributed by atoms with E-state index in [4.69, 9.17) is 0 Å². The number of anilines is 1. The van der Waals surface area contributed by atoms with Gasteiger partial charge in [-0.1, -0.05) is 22.0 Å². The molecule has 2 aliphatic heterocycles. The van der Waals surface area contributed by atoms with Gasteiger partial charge < -0.3 is 15.1 Å². The molecule has 4 rings (SSSR count). The number of carbonyl (C=O) groups is 3. The van der Waals surface area contributed by atoms with Crippen molar-refractivity contribution in [2.24, 2.45) is 5.92 Å². The molecule has 0 aromatic heterocycles. The first-order valence-corrected chi connectivity index (χ1v) is 10.8. The maximum Gasteiger partial charge on any atom is 0.228 e. The number of ketones is 1. The van der Waals surface area contributed by atoms with Crippen molar-refractivity contribution in [2.45, 2.75) is 50.6 Å². The van der Waals surface area contributed by atoms with Crippen LogP contribution in [0.15, 0.2) is 28.7 Å². The summed E-state index contributed by atoms with van der Waals surface area (Å²) < 4.78 is 1.05. The molecule has 28 heavy (non-hydrogen) atoms. The van der Waals surface area contributed by atoms with Crippen molar-refractivity contribution in [1.82, 2.24) is 10.2 Å². The van der Waals surface area contributed by atoms with Crippen molar-refractivity contribution >= 4 is 39.2 Å². The van der Waals surface area contributed by atoms with Crippen molar-refractivity contribution < 1.29 is 14.4 Å². The molecule has 2 atom stereocenters. The van der Waals surface area contributed by atoms with E-state index >= 15 is 0 Å². The van der Waals surface area contributed by atoms with E-state index < -0.39 is 5.54 Å². The standard InChI is InChI=1S/C21H26BrN3O3/c1-14-13-24(9-10-25(14)17-4-2-3-16(22)11-17)20(28)7-8-21(15-5-6-15)18(26)12-19(27)23-21/h2-4,11,14-15H,5-10,12-13H2,1H3,(H,23,27)/t14-,21?/m0/s1. The van der Waals surface area contributed by atoms with Gasteiger partial charge in [-0.3, -0.25) is 14.4 Å². The molecule has 2 saturated heterocycles. The summed E-state index contributed by atoms with van der Waals surface area (Å²) in [5.41, 5.74) is 0.372. The molecule has 0 spiro atoms. The van der Waals surface area contributed by atoms with Gasteiger partial charge in [0, 0.05) is 42.3 Å². The minimum absolute atomic E-state index is 0.0272. The molecule has 150 valence electrons. The third kappa shape index (κ3) is 3.69. The van der Waals surface area contributed by atoms with E-state index in [2.05, 4.69) is 45.2 Å². The van der Waals surface area contributed by atoms with E-state index in [-0.39, 0.29) is 36.0 Å². The molecule has 7 heteroatoms. The second kappa shape index (κ2) is 7.50. The first-order valence-electron chi connectivity index (χ1n) is 10.0. The summed E-state index contributed by atoms with van der Waals surface area (Å²) in [7, 11) is 0. The van der Waals surface area contributed by atoms with Gasteiger partial charge in [-0.05, 0) is 50.3 Å². The largest absolute Gasteiger partial charge is 0.365 e. The Morgan fingerprint density at radius 3 is 2.68 bits per heavy atom. The van der Waals surface area contributed by atoms with Gasteiger partial charge in [-0.25, -0.2) is 0 Å². The Kier molecular flexibility index (Phi) is 5.21. The van der Waals surface area contributed by atoms with E-state index in [0.717, 1.165) is 29.5 Å². The molecule has 1 unspecified atom stereocenters. The fraction of sp³-hybridized carbons (Fsp3) is 0.571. The monoisotopic (exact) mass is 447 g/mol. The molecule has 1 saturated carbocycles. The van der Waals surface area contributed by atoms with E-state index in [1.807, 2.05) is 17.0 Å². The van der Waals surface area contributed by atoms with Gasteiger partial charge in [0.15, 0.2) is 5.78 Å². The Hall–Kier alpha value is -1.89. The summed E-state index contributed by atoms with van der Waals surface area (Å²) in [4.78, 5) is 41.3. The Bertz CT molecular complexity index is 810. The second-order valence-corrected chi connectivity index (χ2v) is 9.17. The number of hydrogen-bond acceptors (Lipinski definition) is 4. The van der Waals surface area contributed by atoms with E-state index in [1.54, 1.807) is 0 Å². The third-order valence-corrected chi connectivity index (χ3v) is 6.80. The topological polar surface area (TPSA) is 69.7 Å². The highest BCUT2D eigenvalue weighted by atomic mass is 79.9. The smallest absolute Gasteiger partial charge is 0.228 e. The summed E-state index contributed by atoms with van der Waals surface area (Å²) in [6.45, 7) is 4.26. The summed E-state index contributed by atoms with van der Waals surface area (Å²) in [6, 6.07) is 8.44. The number of rotatable bonds is 5. The summed E-state index contributed by atoms with van der Waals surface area (Å²) >= 11 is 3.52. The zero-order valence-electron chi connectivity index (χ0n) is 16.1. The van der Waals surface area contributed by atoms with Gasteiger partial charge >= 0.3 is 0 Å². The van der Waals surface area contributed by atoms with Crippen LogP contribution in [-0.4, -0.2) is 53.7 Å². The predicted octanol–water partition coefficient (Wildman–Crippen LogP) is 2.50. The van der Waals surface area contributed by atoms with Gasteiger partial charge in [0.1, 0.15) is 5.54 Å². The lowest BCUT2D eigenvalue weighted by Gasteiger charge is -2.41. The number of piperazine rings is 1. The number of hydrogen-bond donors (Lipinski definition) is 1. The van der Waals surface area contributed by atoms with Crippen LogP contribution in [0.4, 0.5) is 5.69 Å². The van der Waals surface area contributed by atoms with E-state index in [9.17, 15) is 14.4 Å². The maximum atomic E-state index is 12.8. The highest BCUT2D eigenvalue weighted by Gasteiger charge is 2.55. The molecule has 2 amide bonds. The molecule has 1 aliphatic carbocycles. The van der Waals surface area contributed by atoms with Crippen molar-refractivity contribution in [1.29, 1.82) is 0 Å². The van der Waals surface area contributed by atoms with Crippen LogP contribution in [0.25, 0.3) is 0 Å². The minimum atomic E-state index is -0.781. The molecular formula is C21H26BrN3O3. The van der Waals surface area contributed by atoms with Crippen molar-refractivity contribution in [2.75, 3.05) is 24.5 Å². The van der Waals surface area contributed by atoms with Crippen LogP contribution in [0, 0.1) is 5.92 Å². The molecule has 6 nitrogen and oxygen atoms in total. The molecule has 3 aliphatic rings.